The van der Waals surface area contributed by atoms with Gasteiger partial charge in [-0.25, -0.2) is 4.98 Å². The zero-order chi connectivity index (χ0) is 12.1. The highest BCUT2D eigenvalue weighted by atomic mass is 15.0. The number of hydrogen-bond acceptors (Lipinski definition) is 2. The predicted molar refractivity (Wildman–Crippen MR) is 71.0 cm³/mol. The van der Waals surface area contributed by atoms with Crippen molar-refractivity contribution >= 4 is 0 Å². The highest BCUT2D eigenvalue weighted by Gasteiger charge is 2.17. The predicted octanol–water partition coefficient (Wildman–Crippen LogP) is 3.20. The van der Waals surface area contributed by atoms with Crippen molar-refractivity contribution in [2.75, 3.05) is 6.54 Å². The first kappa shape index (κ1) is 12.6. The van der Waals surface area contributed by atoms with E-state index in [2.05, 4.69) is 29.1 Å². The quantitative estimate of drug-likeness (QED) is 0.823. The maximum Gasteiger partial charge on any atom is 0.109 e. The van der Waals surface area contributed by atoms with Crippen molar-refractivity contribution in [1.29, 1.82) is 0 Å². The number of hydrogen-bond donors (Lipinski definition) is 2. The molecule has 1 aliphatic rings. The molecule has 3 heteroatoms. The molecule has 1 fully saturated rings. The molecule has 0 saturated heterocycles. The van der Waals surface area contributed by atoms with Crippen LogP contribution >= 0.6 is 0 Å². The lowest BCUT2D eigenvalue weighted by molar-refractivity contribution is 0.430. The van der Waals surface area contributed by atoms with E-state index in [1.54, 1.807) is 0 Å². The van der Waals surface area contributed by atoms with Crippen LogP contribution in [0.2, 0.25) is 0 Å². The van der Waals surface area contributed by atoms with Crippen molar-refractivity contribution in [2.24, 2.45) is 5.92 Å². The summed E-state index contributed by atoms with van der Waals surface area (Å²) in [6.45, 7) is 6.44. The lowest BCUT2D eigenvalue weighted by atomic mass is 9.89. The van der Waals surface area contributed by atoms with Gasteiger partial charge in [0.2, 0.25) is 0 Å². The summed E-state index contributed by atoms with van der Waals surface area (Å²) in [6.07, 6.45) is 8.76. The molecule has 1 aliphatic carbocycles. The number of nitrogens with one attached hydrogen (secondary N) is 2. The summed E-state index contributed by atoms with van der Waals surface area (Å²) < 4.78 is 0. The van der Waals surface area contributed by atoms with Crippen LogP contribution in [-0.2, 0) is 6.54 Å². The molecule has 3 nitrogen and oxygen atoms in total. The highest BCUT2D eigenvalue weighted by Crippen LogP contribution is 2.30. The van der Waals surface area contributed by atoms with Gasteiger partial charge in [-0.3, -0.25) is 0 Å². The van der Waals surface area contributed by atoms with Gasteiger partial charge in [-0.15, -0.1) is 0 Å². The normalized spacial score (nSPS) is 17.8. The summed E-state index contributed by atoms with van der Waals surface area (Å²) in [7, 11) is 0. The molecule has 0 spiro atoms. The average molecular weight is 235 g/mol. The largest absolute Gasteiger partial charge is 0.345 e. The number of H-pyrrole nitrogens is 1. The molecule has 0 unspecified atom stereocenters. The minimum atomic E-state index is 0.683. The van der Waals surface area contributed by atoms with E-state index in [1.165, 1.54) is 43.6 Å². The Labute approximate surface area is 104 Å². The Balaban J connectivity index is 1.82. The van der Waals surface area contributed by atoms with Crippen molar-refractivity contribution in [3.63, 3.8) is 0 Å². The monoisotopic (exact) mass is 235 g/mol. The molecule has 0 aromatic carbocycles. The molecule has 96 valence electrons. The van der Waals surface area contributed by atoms with Crippen LogP contribution in [0.3, 0.4) is 0 Å². The Morgan fingerprint density at radius 1 is 1.35 bits per heavy atom. The molecule has 0 amide bonds. The smallest absolute Gasteiger partial charge is 0.109 e. The van der Waals surface area contributed by atoms with E-state index in [0.717, 1.165) is 13.1 Å². The molecular formula is C14H25N3. The van der Waals surface area contributed by atoms with Crippen LogP contribution in [0.4, 0.5) is 0 Å². The van der Waals surface area contributed by atoms with E-state index in [1.807, 2.05) is 6.20 Å². The third-order valence-corrected chi connectivity index (χ3v) is 3.51. The zero-order valence-corrected chi connectivity index (χ0v) is 11.1. The van der Waals surface area contributed by atoms with E-state index in [0.29, 0.717) is 11.8 Å². The minimum absolute atomic E-state index is 0.683. The van der Waals surface area contributed by atoms with Crippen molar-refractivity contribution in [3.05, 3.63) is 17.7 Å². The van der Waals surface area contributed by atoms with Crippen LogP contribution in [0.5, 0.6) is 0 Å². The second-order valence-corrected chi connectivity index (χ2v) is 5.65. The average Bonchev–Trinajstić information content (AvgIpc) is 2.78. The van der Waals surface area contributed by atoms with Gasteiger partial charge < -0.3 is 10.3 Å². The Hall–Kier alpha value is -0.830. The molecule has 0 atom stereocenters. The summed E-state index contributed by atoms with van der Waals surface area (Å²) in [4.78, 5) is 8.03. The molecule has 2 N–H and O–H groups in total. The fourth-order valence-electron chi connectivity index (χ4n) is 2.55. The van der Waals surface area contributed by atoms with Gasteiger partial charge >= 0.3 is 0 Å². The fourth-order valence-corrected chi connectivity index (χ4v) is 2.55. The van der Waals surface area contributed by atoms with Gasteiger partial charge in [0.05, 0.1) is 0 Å². The number of aromatic nitrogens is 2. The standard InChI is InChI=1S/C14H25N3/c1-11(2)8-15-9-13-10-16-14(17-13)12-6-4-3-5-7-12/h10-12,15H,3-9H2,1-2H3,(H,16,17). The summed E-state index contributed by atoms with van der Waals surface area (Å²) >= 11 is 0. The van der Waals surface area contributed by atoms with E-state index in [9.17, 15) is 0 Å². The SMILES string of the molecule is CC(C)CNCc1cnc(C2CCCCC2)[nH]1. The maximum atomic E-state index is 4.54. The molecule has 0 aliphatic heterocycles. The number of rotatable bonds is 5. The molecule has 2 rings (SSSR count). The number of nitrogens with zero attached hydrogens (tertiary/aromatic N) is 1. The topological polar surface area (TPSA) is 40.7 Å². The Morgan fingerprint density at radius 2 is 2.12 bits per heavy atom. The first-order valence-electron chi connectivity index (χ1n) is 7.00. The summed E-state index contributed by atoms with van der Waals surface area (Å²) in [5.41, 5.74) is 1.23. The highest BCUT2D eigenvalue weighted by molar-refractivity contribution is 5.06. The van der Waals surface area contributed by atoms with E-state index in [4.69, 9.17) is 0 Å². The lowest BCUT2D eigenvalue weighted by Gasteiger charge is -2.19. The van der Waals surface area contributed by atoms with Crippen LogP contribution in [-0.4, -0.2) is 16.5 Å². The first-order valence-corrected chi connectivity index (χ1v) is 7.00. The molecule has 0 radical (unpaired) electrons. The van der Waals surface area contributed by atoms with Gasteiger partial charge in [-0.05, 0) is 25.3 Å². The van der Waals surface area contributed by atoms with Gasteiger partial charge in [-0.2, -0.15) is 0 Å². The second kappa shape index (κ2) is 6.20. The van der Waals surface area contributed by atoms with Gasteiger partial charge in [0, 0.05) is 24.4 Å². The summed E-state index contributed by atoms with van der Waals surface area (Å²) in [5, 5.41) is 3.45. The zero-order valence-electron chi connectivity index (χ0n) is 11.1. The third-order valence-electron chi connectivity index (χ3n) is 3.51. The number of aromatic amines is 1. The second-order valence-electron chi connectivity index (χ2n) is 5.65. The summed E-state index contributed by atoms with van der Waals surface area (Å²) in [6, 6.07) is 0. The van der Waals surface area contributed by atoms with Crippen LogP contribution in [0.25, 0.3) is 0 Å². The van der Waals surface area contributed by atoms with E-state index < -0.39 is 0 Å². The van der Waals surface area contributed by atoms with Gasteiger partial charge in [0.25, 0.3) is 0 Å². The molecule has 1 aromatic rings. The van der Waals surface area contributed by atoms with Crippen molar-refractivity contribution < 1.29 is 0 Å². The third kappa shape index (κ3) is 3.84. The molecule has 1 aromatic heterocycles. The van der Waals surface area contributed by atoms with Crippen LogP contribution in [0.15, 0.2) is 6.20 Å². The fraction of sp³-hybridized carbons (Fsp3) is 0.786. The van der Waals surface area contributed by atoms with Gasteiger partial charge in [-0.1, -0.05) is 33.1 Å². The van der Waals surface area contributed by atoms with Crippen molar-refractivity contribution in [2.45, 2.75) is 58.4 Å². The van der Waals surface area contributed by atoms with Crippen LogP contribution in [0.1, 0.15) is 63.4 Å². The van der Waals surface area contributed by atoms with Gasteiger partial charge in [0.15, 0.2) is 0 Å². The van der Waals surface area contributed by atoms with Crippen molar-refractivity contribution in [3.8, 4) is 0 Å². The molecule has 1 saturated carbocycles. The molecular weight excluding hydrogens is 210 g/mol. The Morgan fingerprint density at radius 3 is 2.82 bits per heavy atom. The number of imidazole rings is 1. The minimum Gasteiger partial charge on any atom is -0.345 e. The lowest BCUT2D eigenvalue weighted by Crippen LogP contribution is -2.19. The molecule has 1 heterocycles. The van der Waals surface area contributed by atoms with Crippen molar-refractivity contribution in [1.82, 2.24) is 15.3 Å². The maximum absolute atomic E-state index is 4.54. The van der Waals surface area contributed by atoms with E-state index in [-0.39, 0.29) is 0 Å². The van der Waals surface area contributed by atoms with Gasteiger partial charge in [0.1, 0.15) is 5.82 Å². The molecule has 17 heavy (non-hydrogen) atoms. The van der Waals surface area contributed by atoms with E-state index >= 15 is 0 Å². The Bertz CT molecular complexity index is 324. The van der Waals surface area contributed by atoms with Crippen LogP contribution in [0, 0.1) is 5.92 Å². The Kier molecular flexibility index (Phi) is 4.60. The summed E-state index contributed by atoms with van der Waals surface area (Å²) in [5.74, 6) is 2.60. The first-order chi connectivity index (χ1) is 8.25. The molecule has 0 bridgehead atoms. The van der Waals surface area contributed by atoms with Crippen LogP contribution < -0.4 is 5.32 Å².